The van der Waals surface area contributed by atoms with Crippen LogP contribution < -0.4 is 10.1 Å². The number of para-hydroxylation sites is 1. The van der Waals surface area contributed by atoms with Crippen molar-refractivity contribution in [3.05, 3.63) is 39.2 Å². The molecule has 0 amide bonds. The molecule has 2 rings (SSSR count). The number of benzene rings is 1. The van der Waals surface area contributed by atoms with E-state index in [1.807, 2.05) is 31.2 Å². The molecule has 1 heterocycles. The van der Waals surface area contributed by atoms with Gasteiger partial charge in [0.05, 0.1) is 9.13 Å². The molecule has 0 bridgehead atoms. The average molecular weight is 397 g/mol. The van der Waals surface area contributed by atoms with E-state index in [0.29, 0.717) is 5.88 Å². The van der Waals surface area contributed by atoms with Crippen LogP contribution in [0.15, 0.2) is 24.3 Å². The molecular formula is C16H20IN3O. The molecule has 1 aromatic heterocycles. The molecule has 0 unspecified atom stereocenters. The Morgan fingerprint density at radius 1 is 1.24 bits per heavy atom. The molecule has 0 saturated heterocycles. The van der Waals surface area contributed by atoms with Gasteiger partial charge < -0.3 is 10.1 Å². The maximum atomic E-state index is 6.02. The van der Waals surface area contributed by atoms with Crippen molar-refractivity contribution in [3.63, 3.8) is 0 Å². The molecule has 0 fully saturated rings. The van der Waals surface area contributed by atoms with E-state index in [1.54, 1.807) is 0 Å². The Hall–Kier alpha value is -1.37. The Morgan fingerprint density at radius 3 is 2.57 bits per heavy atom. The van der Waals surface area contributed by atoms with Gasteiger partial charge in [-0.25, -0.2) is 4.98 Å². The Morgan fingerprint density at radius 2 is 1.95 bits per heavy atom. The molecule has 1 N–H and O–H groups in total. The van der Waals surface area contributed by atoms with Crippen molar-refractivity contribution in [3.8, 4) is 11.6 Å². The van der Waals surface area contributed by atoms with Crippen LogP contribution >= 0.6 is 22.6 Å². The number of ether oxygens (including phenoxy) is 1. The van der Waals surface area contributed by atoms with E-state index in [1.165, 1.54) is 0 Å². The van der Waals surface area contributed by atoms with E-state index in [2.05, 4.69) is 58.6 Å². The Labute approximate surface area is 139 Å². The van der Waals surface area contributed by atoms with E-state index in [-0.39, 0.29) is 5.92 Å². The number of hydrogen-bond donors (Lipinski definition) is 1. The van der Waals surface area contributed by atoms with Gasteiger partial charge >= 0.3 is 0 Å². The number of nitrogens with one attached hydrogen (secondary N) is 1. The lowest BCUT2D eigenvalue weighted by atomic mass is 10.2. The predicted octanol–water partition coefficient (Wildman–Crippen LogP) is 4.74. The molecule has 0 atom stereocenters. The molecule has 2 aromatic rings. The quantitative estimate of drug-likeness (QED) is 0.741. The van der Waals surface area contributed by atoms with Crippen LogP contribution in [-0.2, 0) is 0 Å². The first-order valence-electron chi connectivity index (χ1n) is 7.07. The SMILES string of the molecule is CCNc1nc(C(C)C)nc(Oc2ccccc2I)c1C. The van der Waals surface area contributed by atoms with Crippen LogP contribution in [0.4, 0.5) is 5.82 Å². The number of nitrogens with zero attached hydrogens (tertiary/aromatic N) is 2. The van der Waals surface area contributed by atoms with Crippen LogP contribution in [0.5, 0.6) is 11.6 Å². The van der Waals surface area contributed by atoms with Gasteiger partial charge in [0.1, 0.15) is 17.4 Å². The highest BCUT2D eigenvalue weighted by molar-refractivity contribution is 14.1. The summed E-state index contributed by atoms with van der Waals surface area (Å²) < 4.78 is 7.08. The topological polar surface area (TPSA) is 47.0 Å². The second kappa shape index (κ2) is 7.06. The van der Waals surface area contributed by atoms with Gasteiger partial charge in [0, 0.05) is 12.5 Å². The lowest BCUT2D eigenvalue weighted by Crippen LogP contribution is -2.09. The van der Waals surface area contributed by atoms with Crippen molar-refractivity contribution in [2.24, 2.45) is 0 Å². The van der Waals surface area contributed by atoms with E-state index in [0.717, 1.165) is 33.1 Å². The number of anilines is 1. The van der Waals surface area contributed by atoms with Crippen molar-refractivity contribution < 1.29 is 4.74 Å². The smallest absolute Gasteiger partial charge is 0.227 e. The van der Waals surface area contributed by atoms with Gasteiger partial charge in [0.2, 0.25) is 5.88 Å². The van der Waals surface area contributed by atoms with Crippen LogP contribution in [0.1, 0.15) is 38.1 Å². The molecule has 0 aliphatic carbocycles. The second-order valence-corrected chi connectivity index (χ2v) is 6.24. The molecule has 5 heteroatoms. The number of hydrogen-bond acceptors (Lipinski definition) is 4. The summed E-state index contributed by atoms with van der Waals surface area (Å²) >= 11 is 2.26. The first-order valence-corrected chi connectivity index (χ1v) is 8.15. The zero-order chi connectivity index (χ0) is 15.4. The van der Waals surface area contributed by atoms with Crippen LogP contribution in [-0.4, -0.2) is 16.5 Å². The van der Waals surface area contributed by atoms with Crippen molar-refractivity contribution >= 4 is 28.4 Å². The third kappa shape index (κ3) is 3.84. The van der Waals surface area contributed by atoms with Gasteiger partial charge in [0.15, 0.2) is 0 Å². The number of rotatable bonds is 5. The van der Waals surface area contributed by atoms with Crippen LogP contribution in [0, 0.1) is 10.5 Å². The fourth-order valence-corrected chi connectivity index (χ4v) is 2.34. The fourth-order valence-electron chi connectivity index (χ4n) is 1.84. The Kier molecular flexibility index (Phi) is 5.39. The fraction of sp³-hybridized carbons (Fsp3) is 0.375. The maximum Gasteiger partial charge on any atom is 0.227 e. The summed E-state index contributed by atoms with van der Waals surface area (Å²) in [5.74, 6) is 3.32. The molecule has 21 heavy (non-hydrogen) atoms. The number of halogens is 1. The van der Waals surface area contributed by atoms with Gasteiger partial charge in [-0.15, -0.1) is 0 Å². The minimum absolute atomic E-state index is 0.250. The Bertz CT molecular complexity index is 629. The molecule has 0 saturated carbocycles. The zero-order valence-electron chi connectivity index (χ0n) is 12.8. The summed E-state index contributed by atoms with van der Waals surface area (Å²) in [7, 11) is 0. The van der Waals surface area contributed by atoms with Crippen molar-refractivity contribution in [2.45, 2.75) is 33.6 Å². The number of aromatic nitrogens is 2. The maximum absolute atomic E-state index is 6.02. The summed E-state index contributed by atoms with van der Waals surface area (Å²) in [5, 5.41) is 3.28. The lowest BCUT2D eigenvalue weighted by Gasteiger charge is -2.15. The van der Waals surface area contributed by atoms with E-state index >= 15 is 0 Å². The highest BCUT2D eigenvalue weighted by Gasteiger charge is 2.15. The first kappa shape index (κ1) is 16.0. The van der Waals surface area contributed by atoms with Gasteiger partial charge in [-0.2, -0.15) is 4.98 Å². The largest absolute Gasteiger partial charge is 0.437 e. The van der Waals surface area contributed by atoms with E-state index in [4.69, 9.17) is 4.74 Å². The monoisotopic (exact) mass is 397 g/mol. The minimum atomic E-state index is 0.250. The summed E-state index contributed by atoms with van der Waals surface area (Å²) in [6.07, 6.45) is 0. The predicted molar refractivity (Wildman–Crippen MR) is 94.3 cm³/mol. The normalized spacial score (nSPS) is 10.8. The highest BCUT2D eigenvalue weighted by atomic mass is 127. The molecule has 0 spiro atoms. The third-order valence-electron chi connectivity index (χ3n) is 3.02. The molecule has 0 aliphatic rings. The average Bonchev–Trinajstić information content (AvgIpc) is 2.45. The summed E-state index contributed by atoms with van der Waals surface area (Å²) in [6, 6.07) is 7.92. The van der Waals surface area contributed by atoms with Gasteiger partial charge in [-0.05, 0) is 48.6 Å². The van der Waals surface area contributed by atoms with Crippen LogP contribution in [0.2, 0.25) is 0 Å². The van der Waals surface area contributed by atoms with Gasteiger partial charge in [-0.1, -0.05) is 26.0 Å². The second-order valence-electron chi connectivity index (χ2n) is 5.08. The molecule has 0 radical (unpaired) electrons. The van der Waals surface area contributed by atoms with Crippen molar-refractivity contribution in [1.82, 2.24) is 9.97 Å². The molecule has 4 nitrogen and oxygen atoms in total. The van der Waals surface area contributed by atoms with Crippen molar-refractivity contribution in [2.75, 3.05) is 11.9 Å². The standard InChI is InChI=1S/C16H20IN3O/c1-5-18-15-11(4)16(20-14(19-15)10(2)3)21-13-9-7-6-8-12(13)17/h6-10H,5H2,1-4H3,(H,18,19,20). The van der Waals surface area contributed by atoms with E-state index in [9.17, 15) is 0 Å². The minimum Gasteiger partial charge on any atom is -0.437 e. The van der Waals surface area contributed by atoms with Crippen LogP contribution in [0.25, 0.3) is 0 Å². The van der Waals surface area contributed by atoms with Gasteiger partial charge in [0.25, 0.3) is 0 Å². The molecule has 112 valence electrons. The first-order chi connectivity index (χ1) is 10.0. The van der Waals surface area contributed by atoms with E-state index < -0.39 is 0 Å². The highest BCUT2D eigenvalue weighted by Crippen LogP contribution is 2.31. The van der Waals surface area contributed by atoms with Crippen LogP contribution in [0.3, 0.4) is 0 Å². The molecule has 1 aromatic carbocycles. The summed E-state index contributed by atoms with van der Waals surface area (Å²) in [6.45, 7) is 9.01. The lowest BCUT2D eigenvalue weighted by molar-refractivity contribution is 0.450. The Balaban J connectivity index is 2.44. The molecule has 0 aliphatic heterocycles. The summed E-state index contributed by atoms with van der Waals surface area (Å²) in [5.41, 5.74) is 0.931. The van der Waals surface area contributed by atoms with Crippen molar-refractivity contribution in [1.29, 1.82) is 0 Å². The van der Waals surface area contributed by atoms with Gasteiger partial charge in [-0.3, -0.25) is 0 Å². The zero-order valence-corrected chi connectivity index (χ0v) is 14.9. The third-order valence-corrected chi connectivity index (χ3v) is 3.91. The summed E-state index contributed by atoms with van der Waals surface area (Å²) in [4.78, 5) is 9.16. The molecular weight excluding hydrogens is 377 g/mol.